The van der Waals surface area contributed by atoms with Crippen LogP contribution >= 0.6 is 7.82 Å². The average Bonchev–Trinajstić information content (AvgIpc) is 3.32. The predicted octanol–water partition coefficient (Wildman–Crippen LogP) is 15.7. The predicted molar refractivity (Wildman–Crippen MR) is 295 cm³/mol. The van der Waals surface area contributed by atoms with E-state index in [-0.39, 0.29) is 26.1 Å². The van der Waals surface area contributed by atoms with E-state index in [4.69, 9.17) is 18.5 Å². The van der Waals surface area contributed by atoms with Gasteiger partial charge in [-0.05, 0) is 116 Å². The van der Waals surface area contributed by atoms with Gasteiger partial charge < -0.3 is 27.9 Å². The first-order chi connectivity index (χ1) is 34.0. The molecule has 9 nitrogen and oxygen atoms in total. The number of carbonyl (C=O) groups excluding carboxylic acids is 2. The van der Waals surface area contributed by atoms with Gasteiger partial charge in [0.15, 0.2) is 6.10 Å². The second-order valence-corrected chi connectivity index (χ2v) is 19.5. The van der Waals surface area contributed by atoms with Crippen molar-refractivity contribution in [3.63, 3.8) is 0 Å². The average molecular weight is 990 g/mol. The normalized spacial score (nSPS) is 14.5. The summed E-state index contributed by atoms with van der Waals surface area (Å²) >= 11 is 0. The van der Waals surface area contributed by atoms with Crippen LogP contribution in [0.5, 0.6) is 0 Å². The lowest BCUT2D eigenvalue weighted by molar-refractivity contribution is -0.870. The fourth-order valence-electron chi connectivity index (χ4n) is 6.31. The van der Waals surface area contributed by atoms with Gasteiger partial charge in [-0.25, -0.2) is 0 Å². The van der Waals surface area contributed by atoms with Gasteiger partial charge >= 0.3 is 11.9 Å². The first-order valence-electron chi connectivity index (χ1n) is 26.5. The van der Waals surface area contributed by atoms with E-state index < -0.39 is 32.5 Å². The van der Waals surface area contributed by atoms with Crippen LogP contribution in [0.25, 0.3) is 0 Å². The fraction of sp³-hybridized carbons (Fsp3) is 0.567. The summed E-state index contributed by atoms with van der Waals surface area (Å²) in [4.78, 5) is 37.8. The Morgan fingerprint density at radius 2 is 0.771 bits per heavy atom. The van der Waals surface area contributed by atoms with Crippen molar-refractivity contribution in [2.45, 2.75) is 174 Å². The van der Waals surface area contributed by atoms with Crippen LogP contribution in [0.2, 0.25) is 0 Å². The Hall–Kier alpha value is -4.11. The third kappa shape index (κ3) is 53.2. The molecule has 0 rings (SSSR count). The van der Waals surface area contributed by atoms with Crippen molar-refractivity contribution in [1.29, 1.82) is 0 Å². The maximum atomic E-state index is 12.8. The Balaban J connectivity index is 4.39. The number of carbonyl (C=O) groups is 2. The summed E-state index contributed by atoms with van der Waals surface area (Å²) < 4.78 is 34.0. The largest absolute Gasteiger partial charge is 0.756 e. The minimum Gasteiger partial charge on any atom is -0.756 e. The number of ether oxygens (including phenoxy) is 2. The van der Waals surface area contributed by atoms with Gasteiger partial charge in [0.25, 0.3) is 7.82 Å². The molecule has 0 aliphatic carbocycles. The van der Waals surface area contributed by atoms with Crippen molar-refractivity contribution in [3.05, 3.63) is 146 Å². The summed E-state index contributed by atoms with van der Waals surface area (Å²) in [7, 11) is 1.10. The number of rotatable bonds is 46. The quantitative estimate of drug-likeness (QED) is 0.0195. The van der Waals surface area contributed by atoms with Gasteiger partial charge in [0, 0.05) is 12.8 Å². The molecule has 0 aliphatic rings. The molecule has 0 saturated heterocycles. The number of nitrogens with zero attached hydrogens (tertiary/aromatic N) is 1. The van der Waals surface area contributed by atoms with Crippen LogP contribution < -0.4 is 4.89 Å². The minimum absolute atomic E-state index is 0.0508. The molecule has 394 valence electrons. The molecular weight excluding hydrogens is 894 g/mol. The number of hydrogen-bond acceptors (Lipinski definition) is 8. The number of quaternary nitrogens is 1. The number of phosphoric ester groups is 1. The Morgan fingerprint density at radius 3 is 1.17 bits per heavy atom. The Bertz CT molecular complexity index is 1690. The van der Waals surface area contributed by atoms with E-state index >= 15 is 0 Å². The van der Waals surface area contributed by atoms with E-state index in [1.54, 1.807) is 0 Å². The second-order valence-electron chi connectivity index (χ2n) is 18.1. The van der Waals surface area contributed by atoms with Crippen molar-refractivity contribution in [2.75, 3.05) is 47.5 Å². The zero-order chi connectivity index (χ0) is 51.3. The molecule has 0 aromatic carbocycles. The van der Waals surface area contributed by atoms with Crippen LogP contribution in [0.1, 0.15) is 168 Å². The molecule has 0 heterocycles. The van der Waals surface area contributed by atoms with Crippen molar-refractivity contribution >= 4 is 19.8 Å². The zero-order valence-corrected chi connectivity index (χ0v) is 45.3. The first-order valence-corrected chi connectivity index (χ1v) is 28.0. The highest BCUT2D eigenvalue weighted by Crippen LogP contribution is 2.38. The maximum Gasteiger partial charge on any atom is 0.306 e. The molecule has 0 aromatic heterocycles. The number of likely N-dealkylation sites (N-methyl/N-ethyl adjacent to an activating group) is 1. The molecule has 0 fully saturated rings. The highest BCUT2D eigenvalue weighted by atomic mass is 31.2. The lowest BCUT2D eigenvalue weighted by atomic mass is 10.1. The lowest BCUT2D eigenvalue weighted by Gasteiger charge is -2.28. The van der Waals surface area contributed by atoms with Crippen molar-refractivity contribution in [2.24, 2.45) is 0 Å². The summed E-state index contributed by atoms with van der Waals surface area (Å²) in [5.41, 5.74) is 0. The van der Waals surface area contributed by atoms with Crippen molar-refractivity contribution in [3.8, 4) is 0 Å². The second kappa shape index (κ2) is 49.9. The summed E-state index contributed by atoms with van der Waals surface area (Å²) in [5, 5.41) is 0. The highest BCUT2D eigenvalue weighted by Gasteiger charge is 2.21. The Morgan fingerprint density at radius 1 is 0.443 bits per heavy atom. The third-order valence-electron chi connectivity index (χ3n) is 10.4. The van der Waals surface area contributed by atoms with Crippen LogP contribution in [-0.2, 0) is 32.7 Å². The lowest BCUT2D eigenvalue weighted by Crippen LogP contribution is -2.37. The number of esters is 2. The molecule has 0 amide bonds. The number of allylic oxidation sites excluding steroid dienone is 24. The third-order valence-corrected chi connectivity index (χ3v) is 11.3. The van der Waals surface area contributed by atoms with Crippen LogP contribution in [0.4, 0.5) is 0 Å². The van der Waals surface area contributed by atoms with E-state index in [2.05, 4.69) is 160 Å². The summed E-state index contributed by atoms with van der Waals surface area (Å²) in [5.74, 6) is -0.917. The molecule has 0 radical (unpaired) electrons. The van der Waals surface area contributed by atoms with Crippen LogP contribution in [0.15, 0.2) is 146 Å². The Labute approximate surface area is 427 Å². The fourth-order valence-corrected chi connectivity index (χ4v) is 7.04. The van der Waals surface area contributed by atoms with E-state index in [1.165, 1.54) is 0 Å². The minimum atomic E-state index is -4.66. The highest BCUT2D eigenvalue weighted by molar-refractivity contribution is 7.45. The zero-order valence-electron chi connectivity index (χ0n) is 44.4. The van der Waals surface area contributed by atoms with E-state index in [0.29, 0.717) is 23.9 Å². The Kier molecular flexibility index (Phi) is 46.9. The number of hydrogen-bond donors (Lipinski definition) is 0. The van der Waals surface area contributed by atoms with E-state index in [9.17, 15) is 19.0 Å². The first kappa shape index (κ1) is 65.9. The topological polar surface area (TPSA) is 111 Å². The molecule has 70 heavy (non-hydrogen) atoms. The number of phosphoric acid groups is 1. The molecule has 2 atom stereocenters. The van der Waals surface area contributed by atoms with Gasteiger partial charge in [0.05, 0.1) is 27.7 Å². The SMILES string of the molecule is CC/C=C\C/C=C\C/C=C\C/C=C\C/C=C\C/C=C\CCCCCCCCC(=O)OC(COC(=O)CCCC/C=C\C/C=C\C/C=C\C/C=C\C/C=C\C/C=C\CC)COP(=O)([O-])OCC[N+](C)(C)C. The standard InChI is InChI=1S/C60H96NO8P/c1-6-8-10-12-14-16-18-20-22-24-26-28-29-30-31-33-35-37-39-41-43-45-47-49-51-53-60(63)69-58(57-68-70(64,65)67-55-54-61(3,4)5)56-66-59(62)52-50-48-46-44-42-40-38-36-34-32-27-25-23-21-19-17-15-13-11-9-7-2/h8-11,14-17,20-23,26-28,30-32,35-38,42,44,58H,6-7,12-13,18-19,24-25,29,33-34,39-41,43,45-57H2,1-5H3/b10-8-,11-9-,16-14-,17-15-,22-20-,23-21-,28-26-,31-30-,32-27-,37-35-,38-36-,44-42-. The molecule has 0 aliphatic heterocycles. The van der Waals surface area contributed by atoms with Crippen LogP contribution in [0.3, 0.4) is 0 Å². The molecule has 0 saturated carbocycles. The van der Waals surface area contributed by atoms with Crippen LogP contribution in [0, 0.1) is 0 Å². The molecule has 0 spiro atoms. The van der Waals surface area contributed by atoms with Gasteiger partial charge in [-0.1, -0.05) is 185 Å². The molecule has 0 N–H and O–H groups in total. The van der Waals surface area contributed by atoms with Gasteiger partial charge in [-0.3, -0.25) is 14.2 Å². The van der Waals surface area contributed by atoms with E-state index in [1.807, 2.05) is 21.1 Å². The maximum absolute atomic E-state index is 12.8. The van der Waals surface area contributed by atoms with Crippen molar-refractivity contribution < 1.29 is 42.1 Å². The monoisotopic (exact) mass is 990 g/mol. The van der Waals surface area contributed by atoms with E-state index in [0.717, 1.165) is 128 Å². The van der Waals surface area contributed by atoms with Gasteiger partial charge in [0.1, 0.15) is 19.8 Å². The van der Waals surface area contributed by atoms with Gasteiger partial charge in [-0.2, -0.15) is 0 Å². The van der Waals surface area contributed by atoms with Crippen molar-refractivity contribution in [1.82, 2.24) is 0 Å². The molecular formula is C60H96NO8P. The molecule has 10 heteroatoms. The summed E-state index contributed by atoms with van der Waals surface area (Å²) in [6.45, 7) is 3.90. The van der Waals surface area contributed by atoms with Gasteiger partial charge in [-0.15, -0.1) is 0 Å². The van der Waals surface area contributed by atoms with Crippen LogP contribution in [-0.4, -0.2) is 70.0 Å². The number of unbranched alkanes of at least 4 members (excludes halogenated alkanes) is 8. The molecule has 0 aromatic rings. The summed E-state index contributed by atoms with van der Waals surface area (Å²) in [6.07, 6.45) is 73.1. The smallest absolute Gasteiger partial charge is 0.306 e. The molecule has 2 unspecified atom stereocenters. The molecule has 0 bridgehead atoms. The van der Waals surface area contributed by atoms with Gasteiger partial charge in [0.2, 0.25) is 0 Å². The summed E-state index contributed by atoms with van der Waals surface area (Å²) in [6, 6.07) is 0.